The van der Waals surface area contributed by atoms with Crippen LogP contribution in [0.15, 0.2) is 18.2 Å². The molecule has 4 nitrogen and oxygen atoms in total. The predicted molar refractivity (Wildman–Crippen MR) is 59.7 cm³/mol. The number of aliphatic carboxylic acids is 1. The van der Waals surface area contributed by atoms with E-state index in [4.69, 9.17) is 16.7 Å². The molecule has 1 aromatic carbocycles. The number of aryl methyl sites for hydroxylation is 1. The van der Waals surface area contributed by atoms with Crippen LogP contribution in [-0.2, 0) is 11.2 Å². The Kier molecular flexibility index (Phi) is 4.58. The van der Waals surface area contributed by atoms with Gasteiger partial charge in [-0.2, -0.15) is 0 Å². The Morgan fingerprint density at radius 2 is 2.12 bits per heavy atom. The van der Waals surface area contributed by atoms with Gasteiger partial charge in [0, 0.05) is 5.88 Å². The van der Waals surface area contributed by atoms with Gasteiger partial charge in [-0.05, 0) is 30.0 Å². The lowest BCUT2D eigenvalue weighted by Gasteiger charge is -2.09. The van der Waals surface area contributed by atoms with Gasteiger partial charge in [-0.25, -0.2) is 4.79 Å². The van der Waals surface area contributed by atoms with Gasteiger partial charge in [0.05, 0.1) is 0 Å². The molecule has 5 heteroatoms. The molecule has 3 N–H and O–H groups in total. The number of hydrogen-bond donors (Lipinski definition) is 3. The van der Waals surface area contributed by atoms with Crippen LogP contribution in [0.4, 0.5) is 0 Å². The zero-order valence-electron chi connectivity index (χ0n) is 8.56. The van der Waals surface area contributed by atoms with E-state index in [-0.39, 0.29) is 11.3 Å². The smallest absolute Gasteiger partial charge is 0.337 e. The van der Waals surface area contributed by atoms with Crippen LogP contribution in [0.1, 0.15) is 23.7 Å². The summed E-state index contributed by atoms with van der Waals surface area (Å²) < 4.78 is 0. The standard InChI is InChI=1S/C11H13ClO4/c12-5-1-2-7-3-4-8(6-9(7)13)10(14)11(15)16/h3-4,6,10,13-14H,1-2,5H2,(H,15,16). The molecule has 0 spiro atoms. The van der Waals surface area contributed by atoms with Gasteiger partial charge >= 0.3 is 5.97 Å². The predicted octanol–water partition coefficient (Wildman–Crippen LogP) is 1.68. The lowest BCUT2D eigenvalue weighted by atomic mass is 10.0. The van der Waals surface area contributed by atoms with Crippen molar-refractivity contribution in [2.24, 2.45) is 0 Å². The van der Waals surface area contributed by atoms with Crippen molar-refractivity contribution in [1.29, 1.82) is 0 Å². The number of aliphatic hydroxyl groups excluding tert-OH is 1. The molecule has 1 aromatic rings. The monoisotopic (exact) mass is 244 g/mol. The molecule has 1 unspecified atom stereocenters. The summed E-state index contributed by atoms with van der Waals surface area (Å²) in [5.41, 5.74) is 0.863. The molecule has 0 amide bonds. The van der Waals surface area contributed by atoms with Gasteiger partial charge in [-0.15, -0.1) is 11.6 Å². The minimum absolute atomic E-state index is 0.0112. The average molecular weight is 245 g/mol. The summed E-state index contributed by atoms with van der Waals surface area (Å²) in [6.45, 7) is 0. The molecule has 0 aliphatic heterocycles. The van der Waals surface area contributed by atoms with Crippen molar-refractivity contribution in [2.75, 3.05) is 5.88 Å². The van der Waals surface area contributed by atoms with Crippen molar-refractivity contribution in [2.45, 2.75) is 18.9 Å². The first-order valence-corrected chi connectivity index (χ1v) is 5.38. The fourth-order valence-corrected chi connectivity index (χ4v) is 1.50. The zero-order chi connectivity index (χ0) is 12.1. The third-order valence-electron chi connectivity index (χ3n) is 2.24. The van der Waals surface area contributed by atoms with Gasteiger partial charge in [-0.3, -0.25) is 0 Å². The van der Waals surface area contributed by atoms with Gasteiger partial charge in [0.15, 0.2) is 6.10 Å². The van der Waals surface area contributed by atoms with E-state index < -0.39 is 12.1 Å². The van der Waals surface area contributed by atoms with Crippen molar-refractivity contribution < 1.29 is 20.1 Å². The quantitative estimate of drug-likeness (QED) is 0.689. The number of alkyl halides is 1. The second-order valence-corrected chi connectivity index (χ2v) is 3.80. The largest absolute Gasteiger partial charge is 0.508 e. The highest BCUT2D eigenvalue weighted by molar-refractivity contribution is 6.17. The Labute approximate surface area is 98.1 Å². The first-order chi connectivity index (χ1) is 7.56. The number of rotatable bonds is 5. The molecule has 1 rings (SSSR count). The van der Waals surface area contributed by atoms with Crippen LogP contribution in [0.3, 0.4) is 0 Å². The molecule has 0 aliphatic carbocycles. The topological polar surface area (TPSA) is 77.8 Å². The Bertz CT molecular complexity index is 378. The molecule has 16 heavy (non-hydrogen) atoms. The van der Waals surface area contributed by atoms with Crippen LogP contribution in [0, 0.1) is 0 Å². The van der Waals surface area contributed by atoms with Crippen molar-refractivity contribution in [3.8, 4) is 5.75 Å². The molecule has 0 heterocycles. The normalized spacial score (nSPS) is 12.4. The fraction of sp³-hybridized carbons (Fsp3) is 0.364. The number of benzene rings is 1. The summed E-state index contributed by atoms with van der Waals surface area (Å²) >= 11 is 5.53. The fourth-order valence-electron chi connectivity index (χ4n) is 1.36. The molecule has 0 fully saturated rings. The Morgan fingerprint density at radius 1 is 1.44 bits per heavy atom. The second kappa shape index (κ2) is 5.72. The average Bonchev–Trinajstić information content (AvgIpc) is 2.26. The van der Waals surface area contributed by atoms with E-state index in [9.17, 15) is 15.0 Å². The highest BCUT2D eigenvalue weighted by Gasteiger charge is 2.16. The van der Waals surface area contributed by atoms with Crippen molar-refractivity contribution in [1.82, 2.24) is 0 Å². The van der Waals surface area contributed by atoms with Gasteiger partial charge < -0.3 is 15.3 Å². The summed E-state index contributed by atoms with van der Waals surface area (Å²) in [6.07, 6.45) is -0.248. The maximum Gasteiger partial charge on any atom is 0.337 e. The number of hydrogen-bond acceptors (Lipinski definition) is 3. The number of halogens is 1. The van der Waals surface area contributed by atoms with Gasteiger partial charge in [0.1, 0.15) is 5.75 Å². The van der Waals surface area contributed by atoms with Crippen molar-refractivity contribution >= 4 is 17.6 Å². The van der Waals surface area contributed by atoms with Gasteiger partial charge in [-0.1, -0.05) is 12.1 Å². The van der Waals surface area contributed by atoms with Crippen molar-refractivity contribution in [3.63, 3.8) is 0 Å². The van der Waals surface area contributed by atoms with Gasteiger partial charge in [0.25, 0.3) is 0 Å². The molecule has 0 aliphatic rings. The van der Waals surface area contributed by atoms with E-state index in [2.05, 4.69) is 0 Å². The van der Waals surface area contributed by atoms with E-state index in [1.54, 1.807) is 6.07 Å². The summed E-state index contributed by atoms with van der Waals surface area (Å²) in [4.78, 5) is 10.5. The number of carboxylic acids is 1. The lowest BCUT2D eigenvalue weighted by molar-refractivity contribution is -0.146. The molecule has 0 saturated carbocycles. The van der Waals surface area contributed by atoms with E-state index in [1.807, 2.05) is 0 Å². The number of aromatic hydroxyl groups is 1. The summed E-state index contributed by atoms with van der Waals surface area (Å²) in [7, 11) is 0. The minimum atomic E-state index is -1.60. The van der Waals surface area contributed by atoms with Gasteiger partial charge in [0.2, 0.25) is 0 Å². The Morgan fingerprint density at radius 3 is 2.62 bits per heavy atom. The Balaban J connectivity index is 2.86. The third-order valence-corrected chi connectivity index (χ3v) is 2.51. The maximum absolute atomic E-state index is 10.5. The molecular weight excluding hydrogens is 232 g/mol. The minimum Gasteiger partial charge on any atom is -0.508 e. The molecular formula is C11H13ClO4. The van der Waals surface area contributed by atoms with Crippen LogP contribution >= 0.6 is 11.6 Å². The molecule has 88 valence electrons. The first-order valence-electron chi connectivity index (χ1n) is 4.85. The van der Waals surface area contributed by atoms with E-state index in [0.717, 1.165) is 6.42 Å². The zero-order valence-corrected chi connectivity index (χ0v) is 9.31. The maximum atomic E-state index is 10.5. The highest BCUT2D eigenvalue weighted by Crippen LogP contribution is 2.24. The first kappa shape index (κ1) is 12.8. The highest BCUT2D eigenvalue weighted by atomic mass is 35.5. The van der Waals surface area contributed by atoms with E-state index in [0.29, 0.717) is 17.9 Å². The van der Waals surface area contributed by atoms with E-state index >= 15 is 0 Å². The Hall–Kier alpha value is -1.26. The van der Waals surface area contributed by atoms with E-state index in [1.165, 1.54) is 12.1 Å². The van der Waals surface area contributed by atoms with Crippen LogP contribution < -0.4 is 0 Å². The van der Waals surface area contributed by atoms with Crippen LogP contribution in [-0.4, -0.2) is 27.2 Å². The number of phenolic OH excluding ortho intramolecular Hbond substituents is 1. The third kappa shape index (κ3) is 3.12. The molecule has 0 saturated heterocycles. The number of carbonyl (C=O) groups is 1. The van der Waals surface area contributed by atoms with Crippen LogP contribution in [0.2, 0.25) is 0 Å². The number of aliphatic hydroxyl groups is 1. The molecule has 0 aromatic heterocycles. The summed E-state index contributed by atoms with van der Waals surface area (Å²) in [6, 6.07) is 4.35. The van der Waals surface area contributed by atoms with Crippen LogP contribution in [0.5, 0.6) is 5.75 Å². The molecule has 0 radical (unpaired) electrons. The number of carboxylic acid groups (broad SMARTS) is 1. The molecule has 1 atom stereocenters. The second-order valence-electron chi connectivity index (χ2n) is 3.42. The van der Waals surface area contributed by atoms with Crippen LogP contribution in [0.25, 0.3) is 0 Å². The molecule has 0 bridgehead atoms. The lowest BCUT2D eigenvalue weighted by Crippen LogP contribution is -2.10. The summed E-state index contributed by atoms with van der Waals surface area (Å²) in [5, 5.41) is 27.4. The van der Waals surface area contributed by atoms with Crippen molar-refractivity contribution in [3.05, 3.63) is 29.3 Å². The summed E-state index contributed by atoms with van der Waals surface area (Å²) in [5.74, 6) is -0.852. The number of phenols is 1. The SMILES string of the molecule is O=C(O)C(O)c1ccc(CCCCl)c(O)c1.